The number of ether oxygens (including phenoxy) is 3. The first kappa shape index (κ1) is 21.6. The zero-order chi connectivity index (χ0) is 21.9. The predicted molar refractivity (Wildman–Crippen MR) is 119 cm³/mol. The molecular formula is C23H23N3O5. The van der Waals surface area contributed by atoms with Gasteiger partial charge in [-0.05, 0) is 36.4 Å². The lowest BCUT2D eigenvalue weighted by Gasteiger charge is -2.11. The zero-order valence-corrected chi connectivity index (χ0v) is 17.1. The number of hydrogen-bond donors (Lipinski definition) is 1. The van der Waals surface area contributed by atoms with Crippen LogP contribution >= 0.6 is 0 Å². The third-order valence-electron chi connectivity index (χ3n) is 4.27. The van der Waals surface area contributed by atoms with Gasteiger partial charge in [-0.15, -0.1) is 0 Å². The molecule has 3 aromatic rings. The molecule has 0 aliphatic heterocycles. The summed E-state index contributed by atoms with van der Waals surface area (Å²) in [4.78, 5) is 10.3. The molecule has 0 saturated carbocycles. The highest BCUT2D eigenvalue weighted by atomic mass is 16.6. The average Bonchev–Trinajstić information content (AvgIpc) is 2.80. The summed E-state index contributed by atoms with van der Waals surface area (Å²) < 4.78 is 16.9. The number of rotatable bonds is 11. The Hall–Kier alpha value is -4.07. The van der Waals surface area contributed by atoms with Crippen LogP contribution in [-0.2, 0) is 0 Å². The molecule has 0 aromatic heterocycles. The Balaban J connectivity index is 1.48. The Labute approximate surface area is 180 Å². The van der Waals surface area contributed by atoms with Crippen LogP contribution in [0, 0.1) is 10.1 Å². The van der Waals surface area contributed by atoms with E-state index in [0.717, 1.165) is 5.56 Å². The van der Waals surface area contributed by atoms with Crippen molar-refractivity contribution >= 4 is 17.6 Å². The first-order valence-corrected chi connectivity index (χ1v) is 9.68. The van der Waals surface area contributed by atoms with Gasteiger partial charge < -0.3 is 14.2 Å². The maximum atomic E-state index is 10.7. The fraction of sp³-hybridized carbons (Fsp3) is 0.174. The number of non-ortho nitro benzene ring substituents is 1. The average molecular weight is 421 g/mol. The standard InChI is InChI=1S/C23H23N3O5/c1-29-22-9-4-5-10-23(22)31-16-6-15-30-21-8-3-2-7-18(21)17-24-25-19-11-13-20(14-12-19)26(27)28/h2-5,7-14,17,25H,6,15-16H2,1H3/b24-17-. The third-order valence-corrected chi connectivity index (χ3v) is 4.27. The first-order valence-electron chi connectivity index (χ1n) is 9.68. The molecule has 0 unspecified atom stereocenters. The highest BCUT2D eigenvalue weighted by molar-refractivity contribution is 5.84. The summed E-state index contributed by atoms with van der Waals surface area (Å²) in [6.07, 6.45) is 2.34. The maximum Gasteiger partial charge on any atom is 0.269 e. The minimum absolute atomic E-state index is 0.0305. The van der Waals surface area contributed by atoms with Gasteiger partial charge in [-0.25, -0.2) is 0 Å². The van der Waals surface area contributed by atoms with Crippen molar-refractivity contribution in [2.24, 2.45) is 5.10 Å². The Kier molecular flexibility index (Phi) is 7.82. The number of hydrazone groups is 1. The molecule has 3 rings (SSSR count). The van der Waals surface area contributed by atoms with Crippen LogP contribution in [0.2, 0.25) is 0 Å². The molecule has 31 heavy (non-hydrogen) atoms. The van der Waals surface area contributed by atoms with Gasteiger partial charge in [-0.1, -0.05) is 24.3 Å². The molecule has 8 nitrogen and oxygen atoms in total. The number of nitrogens with zero attached hydrogens (tertiary/aromatic N) is 2. The Morgan fingerprint density at radius 3 is 2.19 bits per heavy atom. The van der Waals surface area contributed by atoms with E-state index in [2.05, 4.69) is 10.5 Å². The number of nitro benzene ring substituents is 1. The SMILES string of the molecule is COc1ccccc1OCCCOc1ccccc1/C=N\Nc1ccc([N+](=O)[O-])cc1. The fourth-order valence-corrected chi connectivity index (χ4v) is 2.71. The molecule has 0 amide bonds. The minimum atomic E-state index is -0.442. The van der Waals surface area contributed by atoms with Crippen molar-refractivity contribution in [3.8, 4) is 17.2 Å². The molecule has 0 fully saturated rings. The molecule has 3 aromatic carbocycles. The van der Waals surface area contributed by atoms with Gasteiger partial charge in [0, 0.05) is 24.1 Å². The van der Waals surface area contributed by atoms with Gasteiger partial charge in [-0.2, -0.15) is 5.10 Å². The van der Waals surface area contributed by atoms with Crippen LogP contribution in [0.5, 0.6) is 17.2 Å². The van der Waals surface area contributed by atoms with E-state index >= 15 is 0 Å². The van der Waals surface area contributed by atoms with E-state index in [-0.39, 0.29) is 5.69 Å². The Morgan fingerprint density at radius 2 is 1.52 bits per heavy atom. The van der Waals surface area contributed by atoms with Crippen molar-refractivity contribution in [1.29, 1.82) is 0 Å². The number of methoxy groups -OCH3 is 1. The van der Waals surface area contributed by atoms with E-state index in [1.54, 1.807) is 25.5 Å². The molecule has 8 heteroatoms. The van der Waals surface area contributed by atoms with Crippen LogP contribution < -0.4 is 19.6 Å². The predicted octanol–water partition coefficient (Wildman–Crippen LogP) is 4.90. The van der Waals surface area contributed by atoms with E-state index in [0.29, 0.717) is 42.6 Å². The highest BCUT2D eigenvalue weighted by Gasteiger charge is 2.05. The van der Waals surface area contributed by atoms with Crippen molar-refractivity contribution in [3.05, 3.63) is 88.5 Å². The molecular weight excluding hydrogens is 398 g/mol. The number of para-hydroxylation sites is 3. The summed E-state index contributed by atoms with van der Waals surface area (Å²) in [5.41, 5.74) is 4.34. The van der Waals surface area contributed by atoms with Crippen LogP contribution in [0.4, 0.5) is 11.4 Å². The summed E-state index contributed by atoms with van der Waals surface area (Å²) in [5.74, 6) is 2.11. The van der Waals surface area contributed by atoms with Crippen molar-refractivity contribution in [2.45, 2.75) is 6.42 Å². The second-order valence-electron chi connectivity index (χ2n) is 6.41. The normalized spacial score (nSPS) is 10.6. The van der Waals surface area contributed by atoms with Gasteiger partial charge in [-0.3, -0.25) is 15.5 Å². The fourth-order valence-electron chi connectivity index (χ4n) is 2.71. The number of benzene rings is 3. The van der Waals surface area contributed by atoms with Crippen LogP contribution in [0.1, 0.15) is 12.0 Å². The van der Waals surface area contributed by atoms with Crippen molar-refractivity contribution in [1.82, 2.24) is 0 Å². The van der Waals surface area contributed by atoms with Gasteiger partial charge in [0.15, 0.2) is 11.5 Å². The largest absolute Gasteiger partial charge is 0.493 e. The molecule has 160 valence electrons. The number of hydrogen-bond acceptors (Lipinski definition) is 7. The Bertz CT molecular complexity index is 1020. The van der Waals surface area contributed by atoms with E-state index < -0.39 is 4.92 Å². The number of nitrogens with one attached hydrogen (secondary N) is 1. The van der Waals surface area contributed by atoms with Gasteiger partial charge in [0.05, 0.1) is 37.1 Å². The molecule has 0 saturated heterocycles. The quantitative estimate of drug-likeness (QED) is 0.205. The van der Waals surface area contributed by atoms with Gasteiger partial charge in [0.2, 0.25) is 0 Å². The van der Waals surface area contributed by atoms with E-state index in [4.69, 9.17) is 14.2 Å². The topological polar surface area (TPSA) is 95.2 Å². The van der Waals surface area contributed by atoms with Crippen LogP contribution in [0.15, 0.2) is 77.9 Å². The molecule has 0 spiro atoms. The summed E-state index contributed by atoms with van der Waals surface area (Å²) in [6.45, 7) is 0.980. The molecule has 0 aliphatic carbocycles. The maximum absolute atomic E-state index is 10.7. The van der Waals surface area contributed by atoms with E-state index in [1.807, 2.05) is 48.5 Å². The van der Waals surface area contributed by atoms with Gasteiger partial charge in [0.1, 0.15) is 5.75 Å². The van der Waals surface area contributed by atoms with Crippen molar-refractivity contribution < 1.29 is 19.1 Å². The lowest BCUT2D eigenvalue weighted by Crippen LogP contribution is -2.06. The highest BCUT2D eigenvalue weighted by Crippen LogP contribution is 2.25. The number of anilines is 1. The van der Waals surface area contributed by atoms with Crippen LogP contribution in [0.25, 0.3) is 0 Å². The lowest BCUT2D eigenvalue weighted by atomic mass is 10.2. The van der Waals surface area contributed by atoms with Gasteiger partial charge in [0.25, 0.3) is 5.69 Å². The molecule has 0 atom stereocenters. The smallest absolute Gasteiger partial charge is 0.269 e. The minimum Gasteiger partial charge on any atom is -0.493 e. The Morgan fingerprint density at radius 1 is 0.903 bits per heavy atom. The molecule has 0 bridgehead atoms. The summed E-state index contributed by atoms with van der Waals surface area (Å²) in [5, 5.41) is 14.9. The number of nitro groups is 1. The van der Waals surface area contributed by atoms with Crippen LogP contribution in [-0.4, -0.2) is 31.5 Å². The molecule has 0 aliphatic rings. The van der Waals surface area contributed by atoms with Crippen LogP contribution in [0.3, 0.4) is 0 Å². The zero-order valence-electron chi connectivity index (χ0n) is 17.1. The monoisotopic (exact) mass is 421 g/mol. The summed E-state index contributed by atoms with van der Waals surface area (Å²) >= 11 is 0. The molecule has 0 radical (unpaired) electrons. The summed E-state index contributed by atoms with van der Waals surface area (Å²) in [7, 11) is 1.61. The second kappa shape index (κ2) is 11.2. The molecule has 0 heterocycles. The van der Waals surface area contributed by atoms with E-state index in [9.17, 15) is 10.1 Å². The second-order valence-corrected chi connectivity index (χ2v) is 6.41. The van der Waals surface area contributed by atoms with Crippen molar-refractivity contribution in [2.75, 3.05) is 25.7 Å². The summed E-state index contributed by atoms with van der Waals surface area (Å²) in [6, 6.07) is 21.1. The molecule has 1 N–H and O–H groups in total. The lowest BCUT2D eigenvalue weighted by molar-refractivity contribution is -0.384. The van der Waals surface area contributed by atoms with Crippen molar-refractivity contribution in [3.63, 3.8) is 0 Å². The van der Waals surface area contributed by atoms with Gasteiger partial charge >= 0.3 is 0 Å². The first-order chi connectivity index (χ1) is 15.2. The van der Waals surface area contributed by atoms with E-state index in [1.165, 1.54) is 12.1 Å². The third kappa shape index (κ3) is 6.46.